The fourth-order valence-electron chi connectivity index (χ4n) is 2.89. The van der Waals surface area contributed by atoms with E-state index in [1.54, 1.807) is 6.07 Å². The average Bonchev–Trinajstić information content (AvgIpc) is 3.02. The molecule has 0 saturated carbocycles. The second-order valence-electron chi connectivity index (χ2n) is 5.55. The number of fused-ring (bicyclic) bond motifs is 2. The molecule has 4 nitrogen and oxygen atoms in total. The average molecular weight is 301 g/mol. The summed E-state index contributed by atoms with van der Waals surface area (Å²) in [6, 6.07) is 19.5. The van der Waals surface area contributed by atoms with Gasteiger partial charge in [-0.15, -0.1) is 0 Å². The highest BCUT2D eigenvalue weighted by Crippen LogP contribution is 2.21. The summed E-state index contributed by atoms with van der Waals surface area (Å²) in [6.07, 6.45) is 1.82. The molecule has 0 aliphatic heterocycles. The molecule has 1 aliphatic carbocycles. The lowest BCUT2D eigenvalue weighted by atomic mass is 10.1. The molecule has 0 spiro atoms. The van der Waals surface area contributed by atoms with Crippen LogP contribution in [0.2, 0.25) is 0 Å². The predicted molar refractivity (Wildman–Crippen MR) is 90.5 cm³/mol. The Morgan fingerprint density at radius 1 is 0.957 bits per heavy atom. The summed E-state index contributed by atoms with van der Waals surface area (Å²) in [7, 11) is 0. The first-order valence-electron chi connectivity index (χ1n) is 7.62. The van der Waals surface area contributed by atoms with Crippen molar-refractivity contribution in [2.24, 2.45) is 5.10 Å². The number of hydrogen-bond donors (Lipinski definition) is 1. The number of nitrogens with one attached hydrogen (secondary N) is 1. The van der Waals surface area contributed by atoms with Crippen molar-refractivity contribution >= 4 is 22.5 Å². The van der Waals surface area contributed by atoms with Crippen molar-refractivity contribution in [1.82, 2.24) is 10.4 Å². The van der Waals surface area contributed by atoms with Crippen molar-refractivity contribution in [2.45, 2.75) is 12.8 Å². The summed E-state index contributed by atoms with van der Waals surface area (Å²) in [5.74, 6) is -0.285. The molecule has 3 aromatic rings. The summed E-state index contributed by atoms with van der Waals surface area (Å²) in [5.41, 5.74) is 7.14. The van der Waals surface area contributed by atoms with Gasteiger partial charge in [0.1, 0.15) is 5.69 Å². The SMILES string of the molecule is O=C(N/N=C1\CCc2ccccc21)c1ccc2ccccc2n1. The molecule has 4 heteroatoms. The van der Waals surface area contributed by atoms with E-state index in [9.17, 15) is 4.79 Å². The van der Waals surface area contributed by atoms with E-state index in [1.807, 2.05) is 48.5 Å². The molecule has 1 aliphatic rings. The van der Waals surface area contributed by atoms with Gasteiger partial charge in [-0.05, 0) is 30.5 Å². The first kappa shape index (κ1) is 13.6. The zero-order chi connectivity index (χ0) is 15.6. The highest BCUT2D eigenvalue weighted by atomic mass is 16.2. The van der Waals surface area contributed by atoms with Crippen LogP contribution in [0.3, 0.4) is 0 Å². The number of aryl methyl sites for hydroxylation is 1. The maximum Gasteiger partial charge on any atom is 0.289 e. The number of carbonyl (C=O) groups is 1. The number of pyridine rings is 1. The summed E-state index contributed by atoms with van der Waals surface area (Å²) < 4.78 is 0. The highest BCUT2D eigenvalue weighted by molar-refractivity contribution is 6.05. The molecule has 1 N–H and O–H groups in total. The summed E-state index contributed by atoms with van der Waals surface area (Å²) in [6.45, 7) is 0. The van der Waals surface area contributed by atoms with E-state index in [0.29, 0.717) is 5.69 Å². The molecular weight excluding hydrogens is 286 g/mol. The second-order valence-corrected chi connectivity index (χ2v) is 5.55. The fraction of sp³-hybridized carbons (Fsp3) is 0.105. The van der Waals surface area contributed by atoms with E-state index in [4.69, 9.17) is 0 Å². The van der Waals surface area contributed by atoms with Crippen molar-refractivity contribution in [1.29, 1.82) is 0 Å². The van der Waals surface area contributed by atoms with Crippen LogP contribution in [-0.4, -0.2) is 16.6 Å². The van der Waals surface area contributed by atoms with Crippen LogP contribution in [0.1, 0.15) is 28.0 Å². The molecule has 0 saturated heterocycles. The molecular formula is C19H15N3O. The topological polar surface area (TPSA) is 54.4 Å². The van der Waals surface area contributed by atoms with Crippen molar-refractivity contribution in [2.75, 3.05) is 0 Å². The number of hydrazone groups is 1. The van der Waals surface area contributed by atoms with Gasteiger partial charge in [-0.2, -0.15) is 5.10 Å². The molecule has 23 heavy (non-hydrogen) atoms. The minimum atomic E-state index is -0.285. The van der Waals surface area contributed by atoms with Crippen molar-refractivity contribution in [3.63, 3.8) is 0 Å². The molecule has 0 fully saturated rings. The second kappa shape index (κ2) is 5.65. The van der Waals surface area contributed by atoms with E-state index in [-0.39, 0.29) is 5.91 Å². The standard InChI is InChI=1S/C19H15N3O/c23-19(18-12-10-14-6-2-4-8-16(14)20-18)22-21-17-11-9-13-5-1-3-7-15(13)17/h1-8,10,12H,9,11H2,(H,22,23)/b21-17+. The zero-order valence-corrected chi connectivity index (χ0v) is 12.5. The Hall–Kier alpha value is -3.01. The number of rotatable bonds is 2. The Morgan fingerprint density at radius 2 is 1.78 bits per heavy atom. The van der Waals surface area contributed by atoms with E-state index in [0.717, 1.165) is 35.0 Å². The minimum Gasteiger partial charge on any atom is -0.266 e. The van der Waals surface area contributed by atoms with E-state index in [2.05, 4.69) is 21.6 Å². The van der Waals surface area contributed by atoms with Crippen molar-refractivity contribution in [3.8, 4) is 0 Å². The zero-order valence-electron chi connectivity index (χ0n) is 12.5. The van der Waals surface area contributed by atoms with Gasteiger partial charge in [0.25, 0.3) is 5.91 Å². The Labute approximate surface area is 133 Å². The monoisotopic (exact) mass is 301 g/mol. The fourth-order valence-corrected chi connectivity index (χ4v) is 2.89. The van der Waals surface area contributed by atoms with Crippen molar-refractivity contribution in [3.05, 3.63) is 77.5 Å². The number of para-hydroxylation sites is 1. The third kappa shape index (κ3) is 2.59. The van der Waals surface area contributed by atoms with E-state index in [1.165, 1.54) is 5.56 Å². The molecule has 0 unspecified atom stereocenters. The van der Waals surface area contributed by atoms with Crippen LogP contribution >= 0.6 is 0 Å². The lowest BCUT2D eigenvalue weighted by Crippen LogP contribution is -2.20. The van der Waals surface area contributed by atoms with E-state index >= 15 is 0 Å². The number of aromatic nitrogens is 1. The van der Waals surface area contributed by atoms with Crippen LogP contribution in [0.5, 0.6) is 0 Å². The van der Waals surface area contributed by atoms with Gasteiger partial charge in [-0.1, -0.05) is 48.5 Å². The van der Waals surface area contributed by atoms with Gasteiger partial charge in [0.15, 0.2) is 0 Å². The van der Waals surface area contributed by atoms with Crippen LogP contribution in [0.25, 0.3) is 10.9 Å². The summed E-state index contributed by atoms with van der Waals surface area (Å²) in [5, 5.41) is 5.31. The molecule has 0 bridgehead atoms. The van der Waals surface area contributed by atoms with Gasteiger partial charge in [-0.3, -0.25) is 4.79 Å². The number of carbonyl (C=O) groups excluding carboxylic acids is 1. The maximum atomic E-state index is 12.3. The summed E-state index contributed by atoms with van der Waals surface area (Å²) in [4.78, 5) is 16.7. The van der Waals surface area contributed by atoms with Crippen LogP contribution in [0.4, 0.5) is 0 Å². The quantitative estimate of drug-likeness (QED) is 0.738. The minimum absolute atomic E-state index is 0.285. The maximum absolute atomic E-state index is 12.3. The number of nitrogens with zero attached hydrogens (tertiary/aromatic N) is 2. The Kier molecular flexibility index (Phi) is 3.35. The molecule has 1 amide bonds. The molecule has 4 rings (SSSR count). The predicted octanol–water partition coefficient (Wildman–Crippen LogP) is 3.32. The molecule has 0 atom stereocenters. The van der Waals surface area contributed by atoms with Crippen LogP contribution in [-0.2, 0) is 6.42 Å². The first-order valence-corrected chi connectivity index (χ1v) is 7.62. The van der Waals surface area contributed by atoms with Crippen LogP contribution < -0.4 is 5.43 Å². The van der Waals surface area contributed by atoms with Gasteiger partial charge < -0.3 is 0 Å². The molecule has 0 radical (unpaired) electrons. The van der Waals surface area contributed by atoms with Crippen molar-refractivity contribution < 1.29 is 4.79 Å². The number of amides is 1. The van der Waals surface area contributed by atoms with Gasteiger partial charge in [0.2, 0.25) is 0 Å². The van der Waals surface area contributed by atoms with Gasteiger partial charge in [0, 0.05) is 10.9 Å². The Morgan fingerprint density at radius 3 is 2.74 bits per heavy atom. The Balaban J connectivity index is 1.57. The van der Waals surface area contributed by atoms with Crippen LogP contribution in [0, 0.1) is 0 Å². The molecule has 1 heterocycles. The summed E-state index contributed by atoms with van der Waals surface area (Å²) >= 11 is 0. The molecule has 2 aromatic carbocycles. The third-order valence-corrected chi connectivity index (χ3v) is 4.08. The van der Waals surface area contributed by atoms with Gasteiger partial charge in [0.05, 0.1) is 11.2 Å². The Bertz CT molecular complexity index is 931. The molecule has 112 valence electrons. The number of benzene rings is 2. The smallest absolute Gasteiger partial charge is 0.266 e. The first-order chi connectivity index (χ1) is 11.3. The van der Waals surface area contributed by atoms with Gasteiger partial charge >= 0.3 is 0 Å². The normalized spacial score (nSPS) is 14.9. The van der Waals surface area contributed by atoms with Gasteiger partial charge in [-0.25, -0.2) is 10.4 Å². The number of hydrogen-bond acceptors (Lipinski definition) is 3. The lowest BCUT2D eigenvalue weighted by Gasteiger charge is -2.03. The molecule has 1 aromatic heterocycles. The third-order valence-electron chi connectivity index (χ3n) is 4.08. The lowest BCUT2D eigenvalue weighted by molar-refractivity contribution is 0.0950. The largest absolute Gasteiger partial charge is 0.289 e. The van der Waals surface area contributed by atoms with Crippen LogP contribution in [0.15, 0.2) is 65.8 Å². The highest BCUT2D eigenvalue weighted by Gasteiger charge is 2.17. The van der Waals surface area contributed by atoms with E-state index < -0.39 is 0 Å².